The summed E-state index contributed by atoms with van der Waals surface area (Å²) < 4.78 is 0. The predicted octanol–water partition coefficient (Wildman–Crippen LogP) is 3.77. The Morgan fingerprint density at radius 3 is 2.58 bits per heavy atom. The Balaban J connectivity index is 1.68. The second-order valence-corrected chi connectivity index (χ2v) is 9.84. The Kier molecular flexibility index (Phi) is 3.77. The lowest BCUT2D eigenvalue weighted by atomic mass is 9.44. The van der Waals surface area contributed by atoms with E-state index in [4.69, 9.17) is 0 Å². The molecule has 1 N–H and O–H groups in total. The van der Waals surface area contributed by atoms with Crippen molar-refractivity contribution in [2.75, 3.05) is 0 Å². The average molecular weight is 332 g/mol. The Morgan fingerprint density at radius 1 is 1.12 bits per heavy atom. The highest BCUT2D eigenvalue weighted by atomic mass is 16.3. The van der Waals surface area contributed by atoms with E-state index in [1.54, 1.807) is 6.92 Å². The Hall–Kier alpha value is -0.700. The molecule has 4 fully saturated rings. The Morgan fingerprint density at radius 2 is 1.88 bits per heavy atom. The van der Waals surface area contributed by atoms with Gasteiger partial charge in [-0.15, -0.1) is 0 Å². The summed E-state index contributed by atoms with van der Waals surface area (Å²) in [5, 5.41) is 11.2. The van der Waals surface area contributed by atoms with Gasteiger partial charge in [0.05, 0.1) is 6.10 Å². The smallest absolute Gasteiger partial charge is 0.133 e. The van der Waals surface area contributed by atoms with Gasteiger partial charge in [-0.2, -0.15) is 0 Å². The molecule has 0 bridgehead atoms. The largest absolute Gasteiger partial charge is 0.393 e. The van der Waals surface area contributed by atoms with Crippen LogP contribution in [0.1, 0.15) is 72.1 Å². The average Bonchev–Trinajstić information content (AvgIpc) is 2.84. The van der Waals surface area contributed by atoms with E-state index in [1.165, 1.54) is 0 Å². The zero-order chi connectivity index (χ0) is 17.3. The maximum atomic E-state index is 12.2. The van der Waals surface area contributed by atoms with Crippen LogP contribution in [0.4, 0.5) is 0 Å². The summed E-state index contributed by atoms with van der Waals surface area (Å²) in [5.74, 6) is 2.78. The van der Waals surface area contributed by atoms with E-state index in [-0.39, 0.29) is 22.9 Å². The molecule has 0 amide bonds. The van der Waals surface area contributed by atoms with E-state index in [1.807, 2.05) is 0 Å². The van der Waals surface area contributed by atoms with Crippen molar-refractivity contribution in [3.63, 3.8) is 0 Å². The minimum atomic E-state index is -0.308. The molecule has 0 saturated heterocycles. The Labute approximate surface area is 145 Å². The van der Waals surface area contributed by atoms with Crippen LogP contribution < -0.4 is 0 Å². The van der Waals surface area contributed by atoms with Gasteiger partial charge in [-0.1, -0.05) is 13.8 Å². The van der Waals surface area contributed by atoms with E-state index in [0.717, 1.165) is 44.9 Å². The van der Waals surface area contributed by atoms with Crippen LogP contribution in [-0.2, 0) is 9.59 Å². The normalized spacial score (nSPS) is 53.9. The second-order valence-electron chi connectivity index (χ2n) is 9.84. The SMILES string of the molecule is CC(=O)[C@H]1CC[C@H]2[C@@H]3CC[C@@H]4CC(=O)CC[C@]4(C)[C@@H]3[C@H](O)C[C@]12C. The van der Waals surface area contributed by atoms with Gasteiger partial charge in [0.25, 0.3) is 0 Å². The molecule has 0 aromatic rings. The molecule has 4 saturated carbocycles. The molecule has 3 heteroatoms. The summed E-state index contributed by atoms with van der Waals surface area (Å²) in [6, 6.07) is 0. The highest BCUT2D eigenvalue weighted by molar-refractivity contribution is 5.80. The molecule has 4 rings (SSSR count). The summed E-state index contributed by atoms with van der Waals surface area (Å²) >= 11 is 0. The van der Waals surface area contributed by atoms with Gasteiger partial charge in [0.2, 0.25) is 0 Å². The zero-order valence-electron chi connectivity index (χ0n) is 15.4. The van der Waals surface area contributed by atoms with Crippen molar-refractivity contribution in [2.45, 2.75) is 78.2 Å². The molecule has 0 heterocycles. The molecule has 134 valence electrons. The van der Waals surface area contributed by atoms with Gasteiger partial charge in [0.1, 0.15) is 11.6 Å². The molecule has 3 nitrogen and oxygen atoms in total. The fourth-order valence-corrected chi connectivity index (χ4v) is 7.84. The first-order valence-electron chi connectivity index (χ1n) is 9.97. The number of rotatable bonds is 1. The number of ketones is 2. The van der Waals surface area contributed by atoms with E-state index < -0.39 is 0 Å². The van der Waals surface area contributed by atoms with E-state index >= 15 is 0 Å². The molecular formula is C21H32O3. The van der Waals surface area contributed by atoms with Gasteiger partial charge in [0, 0.05) is 18.8 Å². The Bertz CT molecular complexity index is 569. The molecular weight excluding hydrogens is 300 g/mol. The number of fused-ring (bicyclic) bond motifs is 5. The molecule has 0 aromatic heterocycles. The molecule has 4 aliphatic rings. The summed E-state index contributed by atoms with van der Waals surface area (Å²) in [6.07, 6.45) is 7.27. The van der Waals surface area contributed by atoms with Crippen molar-refractivity contribution >= 4 is 11.6 Å². The second kappa shape index (κ2) is 5.40. The minimum Gasteiger partial charge on any atom is -0.393 e. The molecule has 0 radical (unpaired) electrons. The monoisotopic (exact) mass is 332 g/mol. The third-order valence-corrected chi connectivity index (χ3v) is 8.90. The van der Waals surface area contributed by atoms with E-state index in [2.05, 4.69) is 13.8 Å². The fourth-order valence-electron chi connectivity index (χ4n) is 7.84. The highest BCUT2D eigenvalue weighted by Gasteiger charge is 2.63. The van der Waals surface area contributed by atoms with Crippen molar-refractivity contribution in [3.8, 4) is 0 Å². The first-order valence-corrected chi connectivity index (χ1v) is 9.97. The summed E-state index contributed by atoms with van der Waals surface area (Å²) in [6.45, 7) is 6.36. The van der Waals surface area contributed by atoms with Crippen molar-refractivity contribution in [1.82, 2.24) is 0 Å². The third-order valence-electron chi connectivity index (χ3n) is 8.90. The number of carbonyl (C=O) groups is 2. The van der Waals surface area contributed by atoms with Crippen molar-refractivity contribution in [3.05, 3.63) is 0 Å². The summed E-state index contributed by atoms with van der Waals surface area (Å²) in [5.41, 5.74) is 0.103. The number of hydrogen-bond acceptors (Lipinski definition) is 3. The van der Waals surface area contributed by atoms with Gasteiger partial charge in [-0.3, -0.25) is 9.59 Å². The van der Waals surface area contributed by atoms with Crippen LogP contribution in [0, 0.1) is 40.4 Å². The maximum absolute atomic E-state index is 12.2. The number of Topliss-reactive ketones (excluding diaryl/α,β-unsaturated/α-hetero) is 2. The van der Waals surface area contributed by atoms with Crippen molar-refractivity contribution in [2.24, 2.45) is 40.4 Å². The highest BCUT2D eigenvalue weighted by Crippen LogP contribution is 2.67. The zero-order valence-corrected chi connectivity index (χ0v) is 15.4. The van der Waals surface area contributed by atoms with Gasteiger partial charge >= 0.3 is 0 Å². The molecule has 0 aliphatic heterocycles. The minimum absolute atomic E-state index is 0.0138. The van der Waals surface area contributed by atoms with Crippen LogP contribution in [0.5, 0.6) is 0 Å². The van der Waals surface area contributed by atoms with Crippen LogP contribution in [-0.4, -0.2) is 22.8 Å². The first kappa shape index (κ1) is 16.8. The number of carbonyl (C=O) groups excluding carboxylic acids is 2. The van der Waals surface area contributed by atoms with E-state index in [9.17, 15) is 14.7 Å². The van der Waals surface area contributed by atoms with Crippen molar-refractivity contribution < 1.29 is 14.7 Å². The van der Waals surface area contributed by atoms with Gasteiger partial charge in [0.15, 0.2) is 0 Å². The van der Waals surface area contributed by atoms with Crippen LogP contribution in [0.25, 0.3) is 0 Å². The van der Waals surface area contributed by atoms with Gasteiger partial charge < -0.3 is 5.11 Å². The fraction of sp³-hybridized carbons (Fsp3) is 0.905. The predicted molar refractivity (Wildman–Crippen MR) is 92.3 cm³/mol. The van der Waals surface area contributed by atoms with Crippen LogP contribution >= 0.6 is 0 Å². The number of aliphatic hydroxyl groups excluding tert-OH is 1. The molecule has 0 unspecified atom stereocenters. The van der Waals surface area contributed by atoms with Gasteiger partial charge in [-0.05, 0) is 80.0 Å². The molecule has 0 aromatic carbocycles. The lowest BCUT2D eigenvalue weighted by Crippen LogP contribution is -2.59. The van der Waals surface area contributed by atoms with E-state index in [0.29, 0.717) is 41.7 Å². The lowest BCUT2D eigenvalue weighted by molar-refractivity contribution is -0.173. The van der Waals surface area contributed by atoms with Gasteiger partial charge in [-0.25, -0.2) is 0 Å². The third kappa shape index (κ3) is 2.12. The topological polar surface area (TPSA) is 54.4 Å². The van der Waals surface area contributed by atoms with Crippen molar-refractivity contribution in [1.29, 1.82) is 0 Å². The maximum Gasteiger partial charge on any atom is 0.133 e. The van der Waals surface area contributed by atoms with Crippen LogP contribution in [0.2, 0.25) is 0 Å². The van der Waals surface area contributed by atoms with Crippen LogP contribution in [0.15, 0.2) is 0 Å². The number of aliphatic hydroxyl groups is 1. The summed E-state index contributed by atoms with van der Waals surface area (Å²) in [7, 11) is 0. The summed E-state index contributed by atoms with van der Waals surface area (Å²) in [4.78, 5) is 24.1. The molecule has 24 heavy (non-hydrogen) atoms. The first-order chi connectivity index (χ1) is 11.3. The lowest BCUT2D eigenvalue weighted by Gasteiger charge is -2.61. The molecule has 8 atom stereocenters. The number of hydrogen-bond donors (Lipinski definition) is 1. The van der Waals surface area contributed by atoms with Crippen LogP contribution in [0.3, 0.4) is 0 Å². The molecule has 4 aliphatic carbocycles. The quantitative estimate of drug-likeness (QED) is 0.795. The standard InChI is InChI=1S/C21H32O3/c1-12(22)16-6-7-17-15-5-4-13-10-14(23)8-9-20(13,2)19(15)18(24)11-21(16,17)3/h13,15-19,24H,4-11H2,1-3H3/t13-,15+,16-,17+,18-,19+,20+,21-/m1/s1. The molecule has 0 spiro atoms.